The summed E-state index contributed by atoms with van der Waals surface area (Å²) in [5.41, 5.74) is 2.15. The molecular formula is C16H12N2S. The topological polar surface area (TPSA) is 28.7 Å². The van der Waals surface area contributed by atoms with Crippen molar-refractivity contribution >= 4 is 35.3 Å². The average molecular weight is 264 g/mol. The molecule has 2 nitrogen and oxygen atoms in total. The van der Waals surface area contributed by atoms with E-state index in [0.717, 1.165) is 22.3 Å². The van der Waals surface area contributed by atoms with Crippen molar-refractivity contribution in [2.75, 3.05) is 0 Å². The van der Waals surface area contributed by atoms with Gasteiger partial charge in [0.15, 0.2) is 0 Å². The number of aromatic amines is 1. The summed E-state index contributed by atoms with van der Waals surface area (Å²) in [6, 6.07) is 18.0. The number of hydrogen-bond donors (Lipinski definition) is 1. The minimum absolute atomic E-state index is 0.627. The summed E-state index contributed by atoms with van der Waals surface area (Å²) in [4.78, 5) is 7.66. The summed E-state index contributed by atoms with van der Waals surface area (Å²) in [7, 11) is 0. The van der Waals surface area contributed by atoms with E-state index in [2.05, 4.69) is 9.97 Å². The lowest BCUT2D eigenvalue weighted by atomic mass is 10.2. The molecular weight excluding hydrogens is 252 g/mol. The summed E-state index contributed by atoms with van der Waals surface area (Å²) in [5.74, 6) is 0.771. The highest BCUT2D eigenvalue weighted by molar-refractivity contribution is 7.71. The Morgan fingerprint density at radius 3 is 2.47 bits per heavy atom. The predicted molar refractivity (Wildman–Crippen MR) is 82.3 cm³/mol. The summed E-state index contributed by atoms with van der Waals surface area (Å²) in [5, 5.41) is 0.981. The Morgan fingerprint density at radius 2 is 1.63 bits per heavy atom. The van der Waals surface area contributed by atoms with Crippen molar-refractivity contribution in [1.82, 2.24) is 9.97 Å². The zero-order valence-corrected chi connectivity index (χ0v) is 11.0. The second-order valence-electron chi connectivity index (χ2n) is 4.22. The summed E-state index contributed by atoms with van der Waals surface area (Å²) in [6.07, 6.45) is 3.96. The van der Waals surface area contributed by atoms with E-state index in [1.165, 1.54) is 0 Å². The van der Waals surface area contributed by atoms with E-state index >= 15 is 0 Å². The van der Waals surface area contributed by atoms with Gasteiger partial charge < -0.3 is 4.98 Å². The number of benzene rings is 2. The molecule has 19 heavy (non-hydrogen) atoms. The number of para-hydroxylation sites is 1. The van der Waals surface area contributed by atoms with E-state index in [1.54, 1.807) is 0 Å². The number of fused-ring (bicyclic) bond motifs is 1. The molecule has 0 spiro atoms. The lowest BCUT2D eigenvalue weighted by Gasteiger charge is -2.00. The zero-order valence-electron chi connectivity index (χ0n) is 10.2. The zero-order chi connectivity index (χ0) is 13.1. The molecule has 0 bridgehead atoms. The highest BCUT2D eigenvalue weighted by atomic mass is 32.1. The van der Waals surface area contributed by atoms with Crippen LogP contribution in [0.2, 0.25) is 0 Å². The number of nitrogens with zero attached hydrogens (tertiary/aromatic N) is 1. The molecule has 0 saturated carbocycles. The van der Waals surface area contributed by atoms with Gasteiger partial charge in [0.1, 0.15) is 10.5 Å². The Morgan fingerprint density at radius 1 is 0.895 bits per heavy atom. The van der Waals surface area contributed by atoms with E-state index in [-0.39, 0.29) is 0 Å². The highest BCUT2D eigenvalue weighted by Gasteiger charge is 1.97. The van der Waals surface area contributed by atoms with Crippen LogP contribution in [-0.2, 0) is 0 Å². The molecule has 0 aliphatic heterocycles. The largest absolute Gasteiger partial charge is 0.340 e. The fourth-order valence-corrected chi connectivity index (χ4v) is 2.21. The quantitative estimate of drug-likeness (QED) is 0.692. The molecule has 3 heteroatoms. The van der Waals surface area contributed by atoms with E-state index in [0.29, 0.717) is 4.64 Å². The van der Waals surface area contributed by atoms with E-state index in [9.17, 15) is 0 Å². The minimum atomic E-state index is 0.627. The number of nitrogens with one attached hydrogen (secondary N) is 1. The first-order chi connectivity index (χ1) is 9.33. The molecule has 0 unspecified atom stereocenters. The number of rotatable bonds is 2. The molecule has 3 rings (SSSR count). The van der Waals surface area contributed by atoms with Gasteiger partial charge >= 0.3 is 0 Å². The van der Waals surface area contributed by atoms with Gasteiger partial charge in [0.2, 0.25) is 0 Å². The third-order valence-electron chi connectivity index (χ3n) is 2.88. The lowest BCUT2D eigenvalue weighted by Crippen LogP contribution is -1.89. The molecule has 0 radical (unpaired) electrons. The van der Waals surface area contributed by atoms with Crippen LogP contribution in [0.15, 0.2) is 54.6 Å². The average Bonchev–Trinajstić information content (AvgIpc) is 2.46. The third kappa shape index (κ3) is 2.61. The Bertz CT molecular complexity index is 788. The van der Waals surface area contributed by atoms with Gasteiger partial charge in [-0.25, -0.2) is 4.98 Å². The fourth-order valence-electron chi connectivity index (χ4n) is 1.93. The molecule has 0 amide bonds. The van der Waals surface area contributed by atoms with Gasteiger partial charge in [-0.15, -0.1) is 0 Å². The highest BCUT2D eigenvalue weighted by Crippen LogP contribution is 2.13. The van der Waals surface area contributed by atoms with Crippen molar-refractivity contribution in [1.29, 1.82) is 0 Å². The summed E-state index contributed by atoms with van der Waals surface area (Å²) >= 11 is 5.31. The van der Waals surface area contributed by atoms with Gasteiger partial charge in [0.25, 0.3) is 0 Å². The standard InChI is InChI=1S/C16H12N2S/c19-16-13-8-4-5-9-14(13)17-15(18-16)11-10-12-6-2-1-3-7-12/h1-11H,(H,17,18,19)/b11-10+. The van der Waals surface area contributed by atoms with Crippen LogP contribution in [-0.4, -0.2) is 9.97 Å². The van der Waals surface area contributed by atoms with Gasteiger partial charge in [-0.05, 0) is 23.8 Å². The molecule has 1 aromatic heterocycles. The van der Waals surface area contributed by atoms with Crippen LogP contribution in [0.5, 0.6) is 0 Å². The van der Waals surface area contributed by atoms with E-state index < -0.39 is 0 Å². The van der Waals surface area contributed by atoms with Crippen molar-refractivity contribution in [3.63, 3.8) is 0 Å². The maximum Gasteiger partial charge on any atom is 0.137 e. The molecule has 1 heterocycles. The van der Waals surface area contributed by atoms with Crippen LogP contribution in [0.3, 0.4) is 0 Å². The van der Waals surface area contributed by atoms with Crippen LogP contribution in [0.4, 0.5) is 0 Å². The summed E-state index contributed by atoms with van der Waals surface area (Å²) < 4.78 is 0.627. The van der Waals surface area contributed by atoms with Crippen molar-refractivity contribution < 1.29 is 0 Å². The number of H-pyrrole nitrogens is 1. The van der Waals surface area contributed by atoms with Gasteiger partial charge in [-0.1, -0.05) is 60.8 Å². The van der Waals surface area contributed by atoms with Crippen molar-refractivity contribution in [2.24, 2.45) is 0 Å². The molecule has 2 aromatic carbocycles. The van der Waals surface area contributed by atoms with E-state index in [1.807, 2.05) is 66.7 Å². The maximum atomic E-state index is 5.31. The molecule has 1 N–H and O–H groups in total. The monoisotopic (exact) mass is 264 g/mol. The van der Waals surface area contributed by atoms with Crippen LogP contribution < -0.4 is 0 Å². The third-order valence-corrected chi connectivity index (χ3v) is 3.19. The van der Waals surface area contributed by atoms with Gasteiger partial charge in [-0.3, -0.25) is 0 Å². The van der Waals surface area contributed by atoms with E-state index in [4.69, 9.17) is 12.2 Å². The first kappa shape index (κ1) is 11.8. The maximum absolute atomic E-state index is 5.31. The van der Waals surface area contributed by atoms with Crippen molar-refractivity contribution in [3.05, 3.63) is 70.6 Å². The van der Waals surface area contributed by atoms with Crippen LogP contribution in [0.25, 0.3) is 23.1 Å². The summed E-state index contributed by atoms with van der Waals surface area (Å²) in [6.45, 7) is 0. The first-order valence-corrected chi connectivity index (χ1v) is 6.46. The molecule has 92 valence electrons. The number of hydrogen-bond acceptors (Lipinski definition) is 2. The van der Waals surface area contributed by atoms with Crippen LogP contribution in [0.1, 0.15) is 11.4 Å². The molecule has 0 saturated heterocycles. The van der Waals surface area contributed by atoms with Gasteiger partial charge in [-0.2, -0.15) is 0 Å². The predicted octanol–water partition coefficient (Wildman–Crippen LogP) is 4.46. The van der Waals surface area contributed by atoms with Crippen molar-refractivity contribution in [3.8, 4) is 0 Å². The van der Waals surface area contributed by atoms with Crippen LogP contribution in [0, 0.1) is 4.64 Å². The smallest absolute Gasteiger partial charge is 0.137 e. The Kier molecular flexibility index (Phi) is 3.21. The molecule has 0 fully saturated rings. The fraction of sp³-hybridized carbons (Fsp3) is 0. The van der Waals surface area contributed by atoms with Crippen molar-refractivity contribution in [2.45, 2.75) is 0 Å². The Hall–Kier alpha value is -2.26. The second kappa shape index (κ2) is 5.16. The second-order valence-corrected chi connectivity index (χ2v) is 4.60. The molecule has 0 atom stereocenters. The first-order valence-electron chi connectivity index (χ1n) is 6.05. The molecule has 0 aliphatic rings. The lowest BCUT2D eigenvalue weighted by molar-refractivity contribution is 1.17. The number of aromatic nitrogens is 2. The SMILES string of the molecule is S=c1nc(/C=C/c2ccccc2)[nH]c2ccccc12. The normalized spacial score (nSPS) is 11.2. The van der Waals surface area contributed by atoms with Crippen LogP contribution >= 0.6 is 12.2 Å². The Labute approximate surface area is 116 Å². The minimum Gasteiger partial charge on any atom is -0.340 e. The molecule has 3 aromatic rings. The van der Waals surface area contributed by atoms with Gasteiger partial charge in [0, 0.05) is 10.9 Å². The van der Waals surface area contributed by atoms with Gasteiger partial charge in [0.05, 0.1) is 0 Å². The molecule has 0 aliphatic carbocycles. The Balaban J connectivity index is 2.02.